The SMILES string of the molecule is COc1cccc(C(=O)N2CCC(=O)N(C)C[C@H]3COc4ccc(C)cc4[C@H]32)c1. The molecular formula is C23H26N2O4. The fourth-order valence-electron chi connectivity index (χ4n) is 4.30. The van der Waals surface area contributed by atoms with Crippen LogP contribution in [0, 0.1) is 12.8 Å². The van der Waals surface area contributed by atoms with Crippen molar-refractivity contribution >= 4 is 11.8 Å². The highest BCUT2D eigenvalue weighted by molar-refractivity contribution is 5.95. The van der Waals surface area contributed by atoms with E-state index < -0.39 is 0 Å². The third kappa shape index (κ3) is 3.67. The molecule has 6 heteroatoms. The molecular weight excluding hydrogens is 368 g/mol. The van der Waals surface area contributed by atoms with Gasteiger partial charge in [-0.05, 0) is 31.2 Å². The average Bonchev–Trinajstić information content (AvgIpc) is 2.73. The molecule has 0 N–H and O–H groups in total. The lowest BCUT2D eigenvalue weighted by molar-refractivity contribution is -0.132. The summed E-state index contributed by atoms with van der Waals surface area (Å²) >= 11 is 0. The lowest BCUT2D eigenvalue weighted by atomic mass is 9.86. The monoisotopic (exact) mass is 394 g/mol. The number of fused-ring (bicyclic) bond motifs is 3. The third-order valence-corrected chi connectivity index (χ3v) is 5.80. The van der Waals surface area contributed by atoms with Gasteiger partial charge < -0.3 is 19.3 Å². The van der Waals surface area contributed by atoms with Crippen LogP contribution in [0.15, 0.2) is 42.5 Å². The highest BCUT2D eigenvalue weighted by Gasteiger charge is 2.40. The number of hydrogen-bond acceptors (Lipinski definition) is 4. The summed E-state index contributed by atoms with van der Waals surface area (Å²) < 4.78 is 11.3. The highest BCUT2D eigenvalue weighted by Crippen LogP contribution is 2.41. The molecule has 0 bridgehead atoms. The van der Waals surface area contributed by atoms with Crippen molar-refractivity contribution in [2.24, 2.45) is 5.92 Å². The number of carbonyl (C=O) groups is 2. The highest BCUT2D eigenvalue weighted by atomic mass is 16.5. The fraction of sp³-hybridized carbons (Fsp3) is 0.391. The van der Waals surface area contributed by atoms with Crippen LogP contribution in [0.4, 0.5) is 0 Å². The molecule has 2 aromatic rings. The maximum absolute atomic E-state index is 13.6. The minimum absolute atomic E-state index is 0.00751. The quantitative estimate of drug-likeness (QED) is 0.786. The molecule has 2 aliphatic heterocycles. The lowest BCUT2D eigenvalue weighted by Crippen LogP contribution is -2.50. The zero-order chi connectivity index (χ0) is 20.5. The summed E-state index contributed by atoms with van der Waals surface area (Å²) in [6.07, 6.45) is 0.303. The molecule has 6 nitrogen and oxygen atoms in total. The second-order valence-electron chi connectivity index (χ2n) is 7.81. The molecule has 0 aromatic heterocycles. The summed E-state index contributed by atoms with van der Waals surface area (Å²) in [5.41, 5.74) is 2.69. The number of methoxy groups -OCH3 is 1. The maximum atomic E-state index is 13.6. The van der Waals surface area contributed by atoms with Crippen molar-refractivity contribution in [1.29, 1.82) is 0 Å². The standard InChI is InChI=1S/C23H26N2O4/c1-15-7-8-20-19(11-15)22-17(14-29-20)13-24(2)21(26)9-10-25(22)23(27)16-5-4-6-18(12-16)28-3/h4-8,11-12,17,22H,9-10,13-14H2,1-3H3/t17-,22-/m0/s1. The molecule has 0 saturated carbocycles. The Hall–Kier alpha value is -3.02. The van der Waals surface area contributed by atoms with Crippen LogP contribution >= 0.6 is 0 Å². The van der Waals surface area contributed by atoms with E-state index in [1.807, 2.05) is 43.1 Å². The van der Waals surface area contributed by atoms with Crippen LogP contribution in [-0.4, -0.2) is 55.5 Å². The van der Waals surface area contributed by atoms with Crippen molar-refractivity contribution in [3.05, 3.63) is 59.2 Å². The van der Waals surface area contributed by atoms with Crippen LogP contribution in [0.25, 0.3) is 0 Å². The van der Waals surface area contributed by atoms with Gasteiger partial charge in [-0.3, -0.25) is 9.59 Å². The number of benzene rings is 2. The van der Waals surface area contributed by atoms with Crippen LogP contribution in [0.1, 0.15) is 33.9 Å². The lowest BCUT2D eigenvalue weighted by Gasteiger charge is -2.44. The molecule has 0 aliphatic carbocycles. The smallest absolute Gasteiger partial charge is 0.254 e. The Morgan fingerprint density at radius 2 is 2.03 bits per heavy atom. The van der Waals surface area contributed by atoms with E-state index in [0.29, 0.717) is 37.4 Å². The van der Waals surface area contributed by atoms with E-state index >= 15 is 0 Å². The van der Waals surface area contributed by atoms with E-state index in [4.69, 9.17) is 9.47 Å². The summed E-state index contributed by atoms with van der Waals surface area (Å²) in [5.74, 6) is 1.41. The van der Waals surface area contributed by atoms with Gasteiger partial charge >= 0.3 is 0 Å². The van der Waals surface area contributed by atoms with Gasteiger partial charge in [-0.2, -0.15) is 0 Å². The van der Waals surface area contributed by atoms with Gasteiger partial charge in [0.2, 0.25) is 5.91 Å². The summed E-state index contributed by atoms with van der Waals surface area (Å²) in [6, 6.07) is 13.1. The van der Waals surface area contributed by atoms with Gasteiger partial charge in [0.1, 0.15) is 11.5 Å². The molecule has 0 unspecified atom stereocenters. The first kappa shape index (κ1) is 19.3. The van der Waals surface area contributed by atoms with Gasteiger partial charge in [-0.1, -0.05) is 23.8 Å². The number of aryl methyl sites for hydroxylation is 1. The number of rotatable bonds is 2. The van der Waals surface area contributed by atoms with Crippen molar-refractivity contribution in [1.82, 2.24) is 9.80 Å². The normalized spacial score (nSPS) is 21.4. The number of amides is 2. The van der Waals surface area contributed by atoms with Crippen LogP contribution in [0.5, 0.6) is 11.5 Å². The first-order valence-corrected chi connectivity index (χ1v) is 9.90. The summed E-state index contributed by atoms with van der Waals surface area (Å²) in [7, 11) is 3.41. The zero-order valence-corrected chi connectivity index (χ0v) is 17.1. The largest absolute Gasteiger partial charge is 0.497 e. The predicted octanol–water partition coefficient (Wildman–Crippen LogP) is 3.06. The number of ether oxygens (including phenoxy) is 2. The molecule has 4 rings (SSSR count). The van der Waals surface area contributed by atoms with Gasteiger partial charge in [0, 0.05) is 43.6 Å². The Morgan fingerprint density at radius 1 is 1.21 bits per heavy atom. The van der Waals surface area contributed by atoms with Crippen molar-refractivity contribution in [2.45, 2.75) is 19.4 Å². The topological polar surface area (TPSA) is 59.1 Å². The first-order chi connectivity index (χ1) is 14.0. The van der Waals surface area contributed by atoms with Gasteiger partial charge in [-0.25, -0.2) is 0 Å². The second-order valence-corrected chi connectivity index (χ2v) is 7.81. The van der Waals surface area contributed by atoms with Crippen molar-refractivity contribution < 1.29 is 19.1 Å². The number of hydrogen-bond donors (Lipinski definition) is 0. The molecule has 1 saturated heterocycles. The number of nitrogens with zero attached hydrogens (tertiary/aromatic N) is 2. The van der Waals surface area contributed by atoms with Crippen molar-refractivity contribution in [2.75, 3.05) is 33.9 Å². The van der Waals surface area contributed by atoms with E-state index in [1.54, 1.807) is 24.1 Å². The van der Waals surface area contributed by atoms with Crippen LogP contribution in [0.2, 0.25) is 0 Å². The third-order valence-electron chi connectivity index (χ3n) is 5.80. The Labute approximate surface area is 171 Å². The van der Waals surface area contributed by atoms with E-state index in [-0.39, 0.29) is 23.8 Å². The Bertz CT molecular complexity index is 942. The average molecular weight is 394 g/mol. The van der Waals surface area contributed by atoms with E-state index in [9.17, 15) is 9.59 Å². The molecule has 0 spiro atoms. The Kier molecular flexibility index (Phi) is 5.18. The zero-order valence-electron chi connectivity index (χ0n) is 17.1. The molecule has 2 atom stereocenters. The van der Waals surface area contributed by atoms with Crippen LogP contribution in [-0.2, 0) is 4.79 Å². The molecule has 152 valence electrons. The minimum Gasteiger partial charge on any atom is -0.497 e. The predicted molar refractivity (Wildman–Crippen MR) is 109 cm³/mol. The summed E-state index contributed by atoms with van der Waals surface area (Å²) in [4.78, 5) is 29.7. The molecule has 2 aromatic carbocycles. The van der Waals surface area contributed by atoms with E-state index in [0.717, 1.165) is 16.9 Å². The Balaban J connectivity index is 1.78. The summed E-state index contributed by atoms with van der Waals surface area (Å²) in [5, 5.41) is 0. The van der Waals surface area contributed by atoms with E-state index in [1.165, 1.54) is 0 Å². The second kappa shape index (κ2) is 7.78. The minimum atomic E-state index is -0.145. The van der Waals surface area contributed by atoms with Gasteiger partial charge in [0.25, 0.3) is 5.91 Å². The van der Waals surface area contributed by atoms with Gasteiger partial charge in [0.15, 0.2) is 0 Å². The molecule has 1 fully saturated rings. The fourth-order valence-corrected chi connectivity index (χ4v) is 4.30. The maximum Gasteiger partial charge on any atom is 0.254 e. The molecule has 29 heavy (non-hydrogen) atoms. The van der Waals surface area contributed by atoms with Crippen molar-refractivity contribution in [3.8, 4) is 11.5 Å². The van der Waals surface area contributed by atoms with Crippen molar-refractivity contribution in [3.63, 3.8) is 0 Å². The van der Waals surface area contributed by atoms with Gasteiger partial charge in [0.05, 0.1) is 19.8 Å². The van der Waals surface area contributed by atoms with E-state index in [2.05, 4.69) is 6.07 Å². The Morgan fingerprint density at radius 3 is 2.83 bits per heavy atom. The van der Waals surface area contributed by atoms with Crippen LogP contribution in [0.3, 0.4) is 0 Å². The molecule has 2 aliphatic rings. The van der Waals surface area contributed by atoms with Gasteiger partial charge in [-0.15, -0.1) is 0 Å². The first-order valence-electron chi connectivity index (χ1n) is 9.90. The summed E-state index contributed by atoms with van der Waals surface area (Å²) in [6.45, 7) is 3.43. The number of carbonyl (C=O) groups excluding carboxylic acids is 2. The molecule has 2 amide bonds. The molecule has 2 heterocycles. The molecule has 0 radical (unpaired) electrons. The van der Waals surface area contributed by atoms with Crippen LogP contribution < -0.4 is 9.47 Å².